The largest absolute Gasteiger partial charge is 4.00 e. The normalized spacial score (nSPS) is 19.0. The van der Waals surface area contributed by atoms with Crippen LogP contribution in [0.4, 0.5) is 0 Å². The van der Waals surface area contributed by atoms with Gasteiger partial charge in [0.25, 0.3) is 0 Å². The van der Waals surface area contributed by atoms with Crippen molar-refractivity contribution in [3.05, 3.63) is 99.2 Å². The van der Waals surface area contributed by atoms with Gasteiger partial charge in [-0.3, -0.25) is 6.08 Å². The van der Waals surface area contributed by atoms with Gasteiger partial charge in [0.05, 0.1) is 8.07 Å². The van der Waals surface area contributed by atoms with Crippen LogP contribution < -0.4 is 15.6 Å². The Kier molecular flexibility index (Phi) is 13.3. The molecule has 0 aliphatic heterocycles. The van der Waals surface area contributed by atoms with E-state index in [0.717, 1.165) is 0 Å². The zero-order valence-corrected chi connectivity index (χ0v) is 27.6. The van der Waals surface area contributed by atoms with Crippen LogP contribution in [0.5, 0.6) is 0 Å². The molecule has 0 fully saturated rings. The first kappa shape index (κ1) is 35.2. The van der Waals surface area contributed by atoms with Gasteiger partial charge in [-0.05, 0) is 13.0 Å². The Bertz CT molecular complexity index is 998. The molecule has 3 rings (SSSR count). The van der Waals surface area contributed by atoms with Crippen molar-refractivity contribution >= 4 is 31.7 Å². The Hall–Kier alpha value is -0.932. The third kappa shape index (κ3) is 5.89. The molecule has 2 aromatic carbocycles. The summed E-state index contributed by atoms with van der Waals surface area (Å²) in [7, 11) is -3.62. The number of hydrogen-bond acceptors (Lipinski definition) is 0. The summed E-state index contributed by atoms with van der Waals surface area (Å²) in [6, 6.07) is 20.3. The Morgan fingerprint density at radius 1 is 0.794 bits per heavy atom. The summed E-state index contributed by atoms with van der Waals surface area (Å²) < 4.78 is 0. The van der Waals surface area contributed by atoms with E-state index in [0.29, 0.717) is 0 Å². The molecule has 1 aliphatic carbocycles. The maximum absolute atomic E-state index is 4.05. The van der Waals surface area contributed by atoms with Crippen LogP contribution in [-0.4, -0.2) is 16.1 Å². The van der Waals surface area contributed by atoms with Gasteiger partial charge < -0.3 is 22.3 Å². The van der Waals surface area contributed by atoms with Gasteiger partial charge in [-0.1, -0.05) is 128 Å². The third-order valence-corrected chi connectivity index (χ3v) is 15.6. The van der Waals surface area contributed by atoms with Crippen molar-refractivity contribution in [2.75, 3.05) is 0 Å². The van der Waals surface area contributed by atoms with E-state index in [1.54, 1.807) is 15.6 Å². The second-order valence-corrected chi connectivity index (χ2v) is 20.0. The molecule has 0 saturated heterocycles. The molecule has 0 nitrogen and oxygen atoms in total. The van der Waals surface area contributed by atoms with Crippen LogP contribution in [0.1, 0.15) is 46.6 Å². The van der Waals surface area contributed by atoms with Crippen molar-refractivity contribution in [1.82, 2.24) is 0 Å². The van der Waals surface area contributed by atoms with Crippen molar-refractivity contribution < 1.29 is 21.7 Å². The van der Waals surface area contributed by atoms with Gasteiger partial charge in [-0.25, -0.2) is 5.57 Å². The quantitative estimate of drug-likeness (QED) is 0.268. The molecular formula is C31H48Si2Ti. The topological polar surface area (TPSA) is 0 Å². The van der Waals surface area contributed by atoms with Crippen molar-refractivity contribution in [3.63, 3.8) is 0 Å². The fourth-order valence-electron chi connectivity index (χ4n) is 5.49. The third-order valence-electron chi connectivity index (χ3n) is 7.49. The maximum atomic E-state index is 4.05. The van der Waals surface area contributed by atoms with Gasteiger partial charge in [-0.15, -0.1) is 6.92 Å². The van der Waals surface area contributed by atoms with Gasteiger partial charge >= 0.3 is 21.7 Å². The zero-order valence-electron chi connectivity index (χ0n) is 24.0. The zero-order chi connectivity index (χ0) is 22.3. The summed E-state index contributed by atoms with van der Waals surface area (Å²) in [6.45, 7) is 21.5. The molecule has 0 radical (unpaired) electrons. The molecule has 3 heteroatoms. The average molecular weight is 525 g/mol. The molecule has 0 amide bonds. The molecule has 0 spiro atoms. The summed E-state index contributed by atoms with van der Waals surface area (Å²) in [5, 5.41) is 4.71. The molecule has 0 N–H and O–H groups in total. The minimum atomic E-state index is -2.19. The van der Waals surface area contributed by atoms with Crippen LogP contribution in [0.15, 0.2) is 65.3 Å². The van der Waals surface area contributed by atoms with Crippen LogP contribution in [0.3, 0.4) is 0 Å². The van der Waals surface area contributed by atoms with Crippen molar-refractivity contribution in [2.45, 2.75) is 78.7 Å². The van der Waals surface area contributed by atoms with E-state index >= 15 is 0 Å². The van der Waals surface area contributed by atoms with Crippen molar-refractivity contribution in [2.24, 2.45) is 0 Å². The number of rotatable bonds is 6. The molecule has 0 saturated carbocycles. The second-order valence-electron chi connectivity index (χ2n) is 10.5. The molecule has 0 heterocycles. The Balaban J connectivity index is 0. The van der Waals surface area contributed by atoms with Gasteiger partial charge in [0, 0.05) is 0 Å². The number of aryl methyl sites for hydroxylation is 1. The van der Waals surface area contributed by atoms with Gasteiger partial charge in [0.2, 0.25) is 0 Å². The van der Waals surface area contributed by atoms with Gasteiger partial charge in [0.15, 0.2) is 0 Å². The first-order valence-corrected chi connectivity index (χ1v) is 17.2. The summed E-state index contributed by atoms with van der Waals surface area (Å²) in [6.07, 6.45) is 5.24. The van der Waals surface area contributed by atoms with Gasteiger partial charge in [0.1, 0.15) is 8.07 Å². The number of allylic oxidation sites excluding steroid dienone is 4. The molecule has 0 aromatic heterocycles. The summed E-state index contributed by atoms with van der Waals surface area (Å²) >= 11 is 0. The van der Waals surface area contributed by atoms with E-state index < -0.39 is 16.1 Å². The Morgan fingerprint density at radius 3 is 1.76 bits per heavy atom. The van der Waals surface area contributed by atoms with E-state index in [1.165, 1.54) is 34.7 Å². The number of hydrogen-bond donors (Lipinski definition) is 0. The minimum Gasteiger partial charge on any atom is -0.358 e. The first-order chi connectivity index (χ1) is 14.0. The minimum absolute atomic E-state index is 0. The molecule has 0 bridgehead atoms. The Morgan fingerprint density at radius 2 is 1.32 bits per heavy atom. The first-order valence-electron chi connectivity index (χ1n) is 11.5. The van der Waals surface area contributed by atoms with E-state index in [9.17, 15) is 0 Å². The second kappa shape index (κ2) is 12.9. The SMILES string of the molecule is CCC[Si](c1ccccc1)(c1cc(C)cc([Si](C)(C)C)c1)C1(C)[C-]=C(C)C(C)=C1C.[CH3-].[CH3-].[CH3-].[Ti+4]. The van der Waals surface area contributed by atoms with Crippen molar-refractivity contribution in [3.8, 4) is 0 Å². The van der Waals surface area contributed by atoms with Crippen LogP contribution in [0.25, 0.3) is 0 Å². The molecule has 34 heavy (non-hydrogen) atoms. The molecular weight excluding hydrogens is 476 g/mol. The predicted octanol–water partition coefficient (Wildman–Crippen LogP) is 7.72. The number of benzene rings is 2. The molecule has 184 valence electrons. The molecule has 2 unspecified atom stereocenters. The Labute approximate surface area is 230 Å². The fraction of sp³-hybridized carbons (Fsp3) is 0.387. The summed E-state index contributed by atoms with van der Waals surface area (Å²) in [5.74, 6) is 0. The van der Waals surface area contributed by atoms with E-state index in [-0.39, 0.29) is 49.0 Å². The molecule has 2 aromatic rings. The summed E-state index contributed by atoms with van der Waals surface area (Å²) in [4.78, 5) is 0. The van der Waals surface area contributed by atoms with Crippen LogP contribution in [-0.2, 0) is 21.7 Å². The monoisotopic (exact) mass is 524 g/mol. The van der Waals surface area contributed by atoms with E-state index in [4.69, 9.17) is 0 Å². The smallest absolute Gasteiger partial charge is 0.358 e. The van der Waals surface area contributed by atoms with Crippen LogP contribution in [0.2, 0.25) is 30.7 Å². The van der Waals surface area contributed by atoms with Gasteiger partial charge in [-0.2, -0.15) is 11.1 Å². The predicted molar refractivity (Wildman–Crippen MR) is 159 cm³/mol. The fourth-order valence-corrected chi connectivity index (χ4v) is 13.1. The summed E-state index contributed by atoms with van der Waals surface area (Å²) in [5.41, 5.74) is 5.73. The average Bonchev–Trinajstić information content (AvgIpc) is 2.89. The standard InChI is InChI=1S/C28H39Si2.3CH3.Ti/c1-10-16-30(25-14-12-11-13-15-25,28(6)20-22(3)23(4)24(28)5)27-18-21(2)17-26(19-27)29(7,8)9;;;;/h11-15,17-19H,10,16H2,1-9H3;3*1H3;/q4*-1;+4. The molecule has 1 aliphatic rings. The van der Waals surface area contributed by atoms with Crippen molar-refractivity contribution in [1.29, 1.82) is 0 Å². The van der Waals surface area contributed by atoms with Crippen LogP contribution >= 0.6 is 0 Å². The van der Waals surface area contributed by atoms with Crippen LogP contribution in [0, 0.1) is 35.3 Å². The van der Waals surface area contributed by atoms with E-state index in [1.807, 2.05) is 0 Å². The molecule has 2 atom stereocenters. The van der Waals surface area contributed by atoms with E-state index in [2.05, 4.69) is 116 Å². The maximum Gasteiger partial charge on any atom is 4.00 e.